The highest BCUT2D eigenvalue weighted by atomic mass is 19.3. The van der Waals surface area contributed by atoms with E-state index in [9.17, 15) is 13.6 Å². The van der Waals surface area contributed by atoms with Crippen molar-refractivity contribution in [3.63, 3.8) is 0 Å². The Kier molecular flexibility index (Phi) is 5.48. The number of fused-ring (bicyclic) bond motifs is 1. The number of primary amides is 1. The first-order chi connectivity index (χ1) is 14.3. The molecular weight excluding hydrogens is 396 g/mol. The van der Waals surface area contributed by atoms with E-state index in [1.807, 2.05) is 18.2 Å². The van der Waals surface area contributed by atoms with Crippen molar-refractivity contribution >= 4 is 23.4 Å². The topological polar surface area (TPSA) is 141 Å². The summed E-state index contributed by atoms with van der Waals surface area (Å²) in [7, 11) is 0. The molecule has 0 bridgehead atoms. The van der Waals surface area contributed by atoms with E-state index in [4.69, 9.17) is 16.2 Å². The largest absolute Gasteiger partial charge is 0.376 e. The zero-order chi connectivity index (χ0) is 21.3. The van der Waals surface area contributed by atoms with Gasteiger partial charge in [0.05, 0.1) is 25.3 Å². The Morgan fingerprint density at radius 2 is 2.10 bits per heavy atom. The number of nitrogens with one attached hydrogen (secondary N) is 2. The number of halogens is 2. The van der Waals surface area contributed by atoms with Crippen LogP contribution in [0, 0.1) is 0 Å². The number of nitrogens with zero attached hydrogens (tertiary/aromatic N) is 3. The molecule has 1 aromatic carbocycles. The van der Waals surface area contributed by atoms with Gasteiger partial charge in [-0.15, -0.1) is 10.2 Å². The molecule has 1 aromatic heterocycles. The predicted octanol–water partition coefficient (Wildman–Crippen LogP) is 1.71. The van der Waals surface area contributed by atoms with Crippen LogP contribution in [0.25, 0.3) is 0 Å². The summed E-state index contributed by atoms with van der Waals surface area (Å²) in [6.45, 7) is 1.19. The van der Waals surface area contributed by atoms with Gasteiger partial charge in [-0.3, -0.25) is 4.79 Å². The molecule has 0 unspecified atom stereocenters. The number of ether oxygens (including phenoxy) is 1. The number of carbonyl (C=O) groups excluding carboxylic acids is 1. The second-order valence-electron chi connectivity index (χ2n) is 7.54. The Hall–Kier alpha value is -2.92. The van der Waals surface area contributed by atoms with Gasteiger partial charge in [-0.1, -0.05) is 6.07 Å². The minimum Gasteiger partial charge on any atom is -0.376 e. The fraction of sp³-hybridized carbons (Fsp3) is 0.474. The van der Waals surface area contributed by atoms with E-state index in [1.54, 1.807) is 0 Å². The van der Waals surface area contributed by atoms with Crippen LogP contribution in [0.15, 0.2) is 18.2 Å². The molecule has 9 nitrogen and oxygen atoms in total. The molecule has 1 saturated carbocycles. The summed E-state index contributed by atoms with van der Waals surface area (Å²) in [5, 5.41) is 13.5. The third-order valence-electron chi connectivity index (χ3n) is 5.42. The van der Waals surface area contributed by atoms with Crippen molar-refractivity contribution in [2.45, 2.75) is 50.3 Å². The van der Waals surface area contributed by atoms with E-state index in [1.165, 1.54) is 0 Å². The van der Waals surface area contributed by atoms with Crippen LogP contribution in [-0.2, 0) is 17.8 Å². The molecule has 0 spiro atoms. The minimum atomic E-state index is -2.97. The van der Waals surface area contributed by atoms with E-state index >= 15 is 0 Å². The summed E-state index contributed by atoms with van der Waals surface area (Å²) in [5.41, 5.74) is 13.9. The van der Waals surface area contributed by atoms with Gasteiger partial charge in [0.25, 0.3) is 11.8 Å². The molecule has 2 aromatic rings. The van der Waals surface area contributed by atoms with Gasteiger partial charge in [-0.05, 0) is 42.5 Å². The molecule has 6 N–H and O–H groups in total. The first-order valence-electron chi connectivity index (χ1n) is 9.74. The maximum absolute atomic E-state index is 13.9. The Morgan fingerprint density at radius 1 is 1.27 bits per heavy atom. The average Bonchev–Trinajstić information content (AvgIpc) is 2.71. The predicted molar refractivity (Wildman–Crippen MR) is 106 cm³/mol. The first kappa shape index (κ1) is 20.4. The highest BCUT2D eigenvalue weighted by molar-refractivity contribution is 5.96. The highest BCUT2D eigenvalue weighted by Crippen LogP contribution is 2.33. The third kappa shape index (κ3) is 4.17. The Morgan fingerprint density at radius 3 is 2.90 bits per heavy atom. The second-order valence-corrected chi connectivity index (χ2v) is 7.54. The van der Waals surface area contributed by atoms with Crippen LogP contribution >= 0.6 is 0 Å². The molecule has 4 rings (SSSR count). The molecule has 0 saturated heterocycles. The molecule has 0 radical (unpaired) electrons. The van der Waals surface area contributed by atoms with E-state index < -0.39 is 23.9 Å². The van der Waals surface area contributed by atoms with Gasteiger partial charge in [-0.25, -0.2) is 8.78 Å². The van der Waals surface area contributed by atoms with Gasteiger partial charge in [0, 0.05) is 12.1 Å². The number of nitrogens with two attached hydrogens (primary N) is 2. The van der Waals surface area contributed by atoms with E-state index in [2.05, 4.69) is 25.8 Å². The van der Waals surface area contributed by atoms with Crippen molar-refractivity contribution in [1.82, 2.24) is 15.2 Å². The normalized spacial score (nSPS) is 22.8. The number of carbonyl (C=O) groups is 1. The fourth-order valence-corrected chi connectivity index (χ4v) is 3.74. The van der Waals surface area contributed by atoms with Crippen LogP contribution in [0.4, 0.5) is 26.2 Å². The molecule has 160 valence electrons. The van der Waals surface area contributed by atoms with Gasteiger partial charge in [0.1, 0.15) is 0 Å². The summed E-state index contributed by atoms with van der Waals surface area (Å²) in [4.78, 5) is 16.0. The lowest BCUT2D eigenvalue weighted by molar-refractivity contribution is -0.0555. The molecule has 1 aliphatic heterocycles. The summed E-state index contributed by atoms with van der Waals surface area (Å²) >= 11 is 0. The number of rotatable bonds is 5. The maximum Gasteiger partial charge on any atom is 0.273 e. The lowest BCUT2D eigenvalue weighted by atomic mass is 9.87. The standard InChI is InChI=1S/C19H23F2N7O2/c20-19(21)6-1-2-13(15(19)22)25-18-26-17(14(16(23)29)27-28-18)24-12-4-3-11-9-30-7-5-10(11)8-12/h3-4,8,13,15H,1-2,5-7,9,22H2,(H2,23,29)(H2,24,25,26,28)/t13-,15-/m1/s1. The van der Waals surface area contributed by atoms with Crippen molar-refractivity contribution in [3.05, 3.63) is 35.0 Å². The van der Waals surface area contributed by atoms with Gasteiger partial charge in [0.2, 0.25) is 5.95 Å². The molecule has 1 amide bonds. The van der Waals surface area contributed by atoms with Crippen LogP contribution in [0.5, 0.6) is 0 Å². The summed E-state index contributed by atoms with van der Waals surface area (Å²) in [6, 6.07) is 3.61. The number of hydrogen-bond donors (Lipinski definition) is 4. The SMILES string of the molecule is NC(=O)c1nnc(N[C@@H]2CCCC(F)(F)[C@@H]2N)nc1Nc1ccc2c(c1)CCOC2. The number of hydrogen-bond acceptors (Lipinski definition) is 8. The van der Waals surface area contributed by atoms with Gasteiger partial charge >= 0.3 is 0 Å². The monoisotopic (exact) mass is 419 g/mol. The van der Waals surface area contributed by atoms with Crippen LogP contribution in [0.2, 0.25) is 0 Å². The van der Waals surface area contributed by atoms with Crippen molar-refractivity contribution in [2.75, 3.05) is 17.2 Å². The molecule has 2 heterocycles. The van der Waals surface area contributed by atoms with E-state index in [0.717, 1.165) is 17.5 Å². The average molecular weight is 419 g/mol. The second kappa shape index (κ2) is 8.07. The van der Waals surface area contributed by atoms with Crippen LogP contribution in [0.3, 0.4) is 0 Å². The van der Waals surface area contributed by atoms with Gasteiger partial charge < -0.3 is 26.8 Å². The van der Waals surface area contributed by atoms with Crippen molar-refractivity contribution in [1.29, 1.82) is 0 Å². The van der Waals surface area contributed by atoms with Crippen molar-refractivity contribution in [2.24, 2.45) is 11.5 Å². The molecule has 30 heavy (non-hydrogen) atoms. The molecule has 1 fully saturated rings. The van der Waals surface area contributed by atoms with Crippen LogP contribution in [-0.4, -0.2) is 45.7 Å². The fourth-order valence-electron chi connectivity index (χ4n) is 3.74. The van der Waals surface area contributed by atoms with E-state index in [-0.39, 0.29) is 23.9 Å². The van der Waals surface area contributed by atoms with Crippen molar-refractivity contribution < 1.29 is 18.3 Å². The third-order valence-corrected chi connectivity index (χ3v) is 5.42. The number of anilines is 3. The Labute approximate surface area is 171 Å². The smallest absolute Gasteiger partial charge is 0.273 e. The molecule has 2 aliphatic rings. The summed E-state index contributed by atoms with van der Waals surface area (Å²) in [6.07, 6.45) is 1.31. The molecule has 2 atom stereocenters. The Bertz CT molecular complexity index is 956. The lowest BCUT2D eigenvalue weighted by Gasteiger charge is -2.35. The zero-order valence-corrected chi connectivity index (χ0v) is 16.2. The molecule has 11 heteroatoms. The first-order valence-corrected chi connectivity index (χ1v) is 9.74. The lowest BCUT2D eigenvalue weighted by Crippen LogP contribution is -2.55. The molecular formula is C19H23F2N7O2. The van der Waals surface area contributed by atoms with E-state index in [0.29, 0.717) is 31.7 Å². The van der Waals surface area contributed by atoms with Crippen LogP contribution in [0.1, 0.15) is 40.9 Å². The number of aromatic nitrogens is 3. The number of benzene rings is 1. The van der Waals surface area contributed by atoms with Gasteiger partial charge in [-0.2, -0.15) is 4.98 Å². The van der Waals surface area contributed by atoms with Crippen LogP contribution < -0.4 is 22.1 Å². The number of amides is 1. The summed E-state index contributed by atoms with van der Waals surface area (Å²) < 4.78 is 33.3. The molecule has 1 aliphatic carbocycles. The zero-order valence-electron chi connectivity index (χ0n) is 16.2. The maximum atomic E-state index is 13.9. The van der Waals surface area contributed by atoms with Crippen molar-refractivity contribution in [3.8, 4) is 0 Å². The summed E-state index contributed by atoms with van der Waals surface area (Å²) in [5.74, 6) is -3.70. The van der Waals surface area contributed by atoms with Gasteiger partial charge in [0.15, 0.2) is 11.5 Å². The number of alkyl halides is 2. The highest BCUT2D eigenvalue weighted by Gasteiger charge is 2.45. The minimum absolute atomic E-state index is 0.00740. The Balaban J connectivity index is 1.58. The quantitative estimate of drug-likeness (QED) is 0.574.